The summed E-state index contributed by atoms with van der Waals surface area (Å²) in [6, 6.07) is 7.15. The molecule has 0 spiro atoms. The largest absolute Gasteiger partial charge is 0.490 e. The van der Waals surface area contributed by atoms with Crippen LogP contribution in [-0.2, 0) is 0 Å². The van der Waals surface area contributed by atoms with Crippen LogP contribution in [0.4, 0.5) is 0 Å². The Hall–Kier alpha value is -1.35. The number of aliphatic hydroxyl groups is 1. The van der Waals surface area contributed by atoms with Crippen LogP contribution in [0.5, 0.6) is 5.75 Å². The topological polar surface area (TPSA) is 46.5 Å². The standard InChI is InChI=1S/C14H20O3/c1-4-12(15)11-8-6-7-9-13(11)17-10-14(3,16)5-2/h6-9,16H,4-5,10H2,1-3H3. The Balaban J connectivity index is 2.81. The average molecular weight is 236 g/mol. The van der Waals surface area contributed by atoms with Crippen molar-refractivity contribution in [2.24, 2.45) is 0 Å². The van der Waals surface area contributed by atoms with Crippen LogP contribution in [0.1, 0.15) is 44.0 Å². The number of benzene rings is 1. The lowest BCUT2D eigenvalue weighted by Crippen LogP contribution is -2.31. The highest BCUT2D eigenvalue weighted by molar-refractivity contribution is 5.98. The smallest absolute Gasteiger partial charge is 0.166 e. The highest BCUT2D eigenvalue weighted by Crippen LogP contribution is 2.21. The molecule has 94 valence electrons. The molecule has 0 heterocycles. The highest BCUT2D eigenvalue weighted by Gasteiger charge is 2.19. The first-order valence-corrected chi connectivity index (χ1v) is 5.97. The van der Waals surface area contributed by atoms with Crippen LogP contribution in [0.3, 0.4) is 0 Å². The third-order valence-electron chi connectivity index (χ3n) is 2.81. The first kappa shape index (κ1) is 13.7. The average Bonchev–Trinajstić information content (AvgIpc) is 2.36. The lowest BCUT2D eigenvalue weighted by atomic mass is 10.1. The van der Waals surface area contributed by atoms with Crippen LogP contribution in [0.2, 0.25) is 0 Å². The number of ketones is 1. The van der Waals surface area contributed by atoms with Gasteiger partial charge in [0, 0.05) is 6.42 Å². The Morgan fingerprint density at radius 2 is 2.00 bits per heavy atom. The molecule has 1 rings (SSSR count). The summed E-state index contributed by atoms with van der Waals surface area (Å²) < 4.78 is 5.54. The second-order valence-electron chi connectivity index (χ2n) is 4.41. The summed E-state index contributed by atoms with van der Waals surface area (Å²) in [5, 5.41) is 9.86. The lowest BCUT2D eigenvalue weighted by Gasteiger charge is -2.22. The minimum Gasteiger partial charge on any atom is -0.490 e. The van der Waals surface area contributed by atoms with Crippen molar-refractivity contribution in [2.45, 2.75) is 39.2 Å². The van der Waals surface area contributed by atoms with Gasteiger partial charge in [-0.05, 0) is 25.5 Å². The summed E-state index contributed by atoms with van der Waals surface area (Å²) in [6.07, 6.45) is 1.06. The van der Waals surface area contributed by atoms with Gasteiger partial charge in [0.15, 0.2) is 5.78 Å². The van der Waals surface area contributed by atoms with E-state index in [4.69, 9.17) is 4.74 Å². The molecular formula is C14H20O3. The van der Waals surface area contributed by atoms with Gasteiger partial charge in [0.25, 0.3) is 0 Å². The lowest BCUT2D eigenvalue weighted by molar-refractivity contribution is 0.00818. The molecule has 1 unspecified atom stereocenters. The van der Waals surface area contributed by atoms with E-state index in [1.807, 2.05) is 26.0 Å². The SMILES string of the molecule is CCC(=O)c1ccccc1OCC(C)(O)CC. The van der Waals surface area contributed by atoms with Gasteiger partial charge in [0.05, 0.1) is 11.2 Å². The van der Waals surface area contributed by atoms with Gasteiger partial charge in [0.1, 0.15) is 12.4 Å². The van der Waals surface area contributed by atoms with Gasteiger partial charge in [-0.15, -0.1) is 0 Å². The molecule has 0 saturated carbocycles. The maximum absolute atomic E-state index is 11.7. The van der Waals surface area contributed by atoms with Crippen molar-refractivity contribution in [3.8, 4) is 5.75 Å². The third kappa shape index (κ3) is 3.86. The number of ether oxygens (including phenoxy) is 1. The Labute approximate surface area is 102 Å². The van der Waals surface area contributed by atoms with Crippen molar-refractivity contribution >= 4 is 5.78 Å². The molecule has 17 heavy (non-hydrogen) atoms. The van der Waals surface area contributed by atoms with Gasteiger partial charge in [-0.2, -0.15) is 0 Å². The van der Waals surface area contributed by atoms with Crippen molar-refractivity contribution in [1.82, 2.24) is 0 Å². The summed E-state index contributed by atoms with van der Waals surface area (Å²) in [4.78, 5) is 11.7. The van der Waals surface area contributed by atoms with Crippen LogP contribution in [0.15, 0.2) is 24.3 Å². The molecule has 3 nitrogen and oxygen atoms in total. The second-order valence-corrected chi connectivity index (χ2v) is 4.41. The van der Waals surface area contributed by atoms with Crippen molar-refractivity contribution in [1.29, 1.82) is 0 Å². The van der Waals surface area contributed by atoms with Crippen LogP contribution in [-0.4, -0.2) is 23.1 Å². The van der Waals surface area contributed by atoms with Crippen LogP contribution in [0.25, 0.3) is 0 Å². The molecule has 0 radical (unpaired) electrons. The van der Waals surface area contributed by atoms with Gasteiger partial charge in [-0.25, -0.2) is 0 Å². The second kappa shape index (κ2) is 5.82. The van der Waals surface area contributed by atoms with E-state index in [1.54, 1.807) is 19.1 Å². The zero-order valence-electron chi connectivity index (χ0n) is 10.7. The summed E-state index contributed by atoms with van der Waals surface area (Å²) in [6.45, 7) is 5.63. The van der Waals surface area contributed by atoms with E-state index in [9.17, 15) is 9.90 Å². The summed E-state index contributed by atoms with van der Waals surface area (Å²) in [7, 11) is 0. The molecule has 0 aromatic heterocycles. The maximum Gasteiger partial charge on any atom is 0.166 e. The van der Waals surface area contributed by atoms with Crippen molar-refractivity contribution < 1.29 is 14.6 Å². The zero-order chi connectivity index (χ0) is 12.9. The fraction of sp³-hybridized carbons (Fsp3) is 0.500. The fourth-order valence-corrected chi connectivity index (χ4v) is 1.35. The molecule has 3 heteroatoms. The fourth-order valence-electron chi connectivity index (χ4n) is 1.35. The van der Waals surface area contributed by atoms with Crippen molar-refractivity contribution in [2.75, 3.05) is 6.61 Å². The third-order valence-corrected chi connectivity index (χ3v) is 2.81. The predicted octanol–water partition coefficient (Wildman–Crippen LogP) is 2.82. The Morgan fingerprint density at radius 1 is 1.35 bits per heavy atom. The highest BCUT2D eigenvalue weighted by atomic mass is 16.5. The van der Waals surface area contributed by atoms with E-state index in [0.717, 1.165) is 0 Å². The first-order chi connectivity index (χ1) is 8.00. The van der Waals surface area contributed by atoms with Gasteiger partial charge < -0.3 is 9.84 Å². The minimum absolute atomic E-state index is 0.0525. The molecular weight excluding hydrogens is 216 g/mol. The number of hydrogen-bond donors (Lipinski definition) is 1. The quantitative estimate of drug-likeness (QED) is 0.772. The van der Waals surface area contributed by atoms with E-state index < -0.39 is 5.60 Å². The Kier molecular flexibility index (Phi) is 4.70. The summed E-state index contributed by atoms with van der Waals surface area (Å²) in [5.74, 6) is 0.602. The van der Waals surface area contributed by atoms with E-state index in [-0.39, 0.29) is 12.4 Å². The molecule has 0 aliphatic rings. The predicted molar refractivity (Wildman–Crippen MR) is 67.5 cm³/mol. The Bertz CT molecular complexity index is 383. The van der Waals surface area contributed by atoms with Crippen molar-refractivity contribution in [3.63, 3.8) is 0 Å². The number of para-hydroxylation sites is 1. The molecule has 0 bridgehead atoms. The van der Waals surface area contributed by atoms with Crippen LogP contribution in [0, 0.1) is 0 Å². The summed E-state index contributed by atoms with van der Waals surface area (Å²) in [5.41, 5.74) is -0.274. The zero-order valence-corrected chi connectivity index (χ0v) is 10.7. The molecule has 1 atom stereocenters. The minimum atomic E-state index is -0.859. The van der Waals surface area contributed by atoms with E-state index in [1.165, 1.54) is 0 Å². The molecule has 0 aliphatic carbocycles. The molecule has 0 saturated heterocycles. The van der Waals surface area contributed by atoms with Gasteiger partial charge >= 0.3 is 0 Å². The number of hydrogen-bond acceptors (Lipinski definition) is 3. The number of Topliss-reactive ketones (excluding diaryl/α,β-unsaturated/α-hetero) is 1. The van der Waals surface area contributed by atoms with Crippen molar-refractivity contribution in [3.05, 3.63) is 29.8 Å². The maximum atomic E-state index is 11.7. The first-order valence-electron chi connectivity index (χ1n) is 5.97. The van der Waals surface area contributed by atoms with Gasteiger partial charge in [-0.3, -0.25) is 4.79 Å². The van der Waals surface area contributed by atoms with E-state index >= 15 is 0 Å². The van der Waals surface area contributed by atoms with E-state index in [2.05, 4.69) is 0 Å². The molecule has 1 N–H and O–H groups in total. The van der Waals surface area contributed by atoms with Crippen LogP contribution < -0.4 is 4.74 Å². The van der Waals surface area contributed by atoms with Gasteiger partial charge in [-0.1, -0.05) is 26.0 Å². The number of carbonyl (C=O) groups excluding carboxylic acids is 1. The van der Waals surface area contributed by atoms with Crippen LogP contribution >= 0.6 is 0 Å². The molecule has 0 fully saturated rings. The van der Waals surface area contributed by atoms with E-state index in [0.29, 0.717) is 24.2 Å². The number of rotatable bonds is 6. The monoisotopic (exact) mass is 236 g/mol. The molecule has 1 aromatic rings. The molecule has 0 amide bonds. The molecule has 1 aromatic carbocycles. The molecule has 0 aliphatic heterocycles. The van der Waals surface area contributed by atoms with Gasteiger partial charge in [0.2, 0.25) is 0 Å². The number of carbonyl (C=O) groups is 1. The Morgan fingerprint density at radius 3 is 2.59 bits per heavy atom. The summed E-state index contributed by atoms with van der Waals surface area (Å²) >= 11 is 0. The normalized spacial score (nSPS) is 14.1.